The van der Waals surface area contributed by atoms with Gasteiger partial charge < -0.3 is 15.3 Å². The largest absolute Gasteiger partial charge is 0.481 e. The first-order chi connectivity index (χ1) is 17.4. The molecule has 1 saturated carbocycles. The van der Waals surface area contributed by atoms with Gasteiger partial charge in [0.25, 0.3) is 0 Å². The summed E-state index contributed by atoms with van der Waals surface area (Å²) < 4.78 is 14.8. The molecule has 4 aromatic rings. The maximum atomic E-state index is 13.8. The molecule has 2 atom stereocenters. The molecule has 0 spiro atoms. The lowest BCUT2D eigenvalue weighted by Gasteiger charge is -2.15. The van der Waals surface area contributed by atoms with Gasteiger partial charge in [-0.2, -0.15) is 0 Å². The van der Waals surface area contributed by atoms with E-state index in [1.807, 2.05) is 24.3 Å². The molecule has 0 bridgehead atoms. The van der Waals surface area contributed by atoms with Crippen LogP contribution in [0.5, 0.6) is 0 Å². The number of pyridine rings is 1. The molecule has 184 valence electrons. The van der Waals surface area contributed by atoms with Crippen molar-refractivity contribution in [3.05, 3.63) is 83.1 Å². The Labute approximate surface area is 212 Å². The number of hydrogen-bond donors (Lipinski definition) is 3. The molecule has 3 N–H and O–H groups in total. The van der Waals surface area contributed by atoms with Crippen LogP contribution in [0.15, 0.2) is 66.1 Å². The van der Waals surface area contributed by atoms with Crippen molar-refractivity contribution in [3.8, 4) is 22.3 Å². The number of aromatic nitrogens is 1. The summed E-state index contributed by atoms with van der Waals surface area (Å²) in [6, 6.07) is 16.5. The third-order valence-corrected chi connectivity index (χ3v) is 7.35. The van der Waals surface area contributed by atoms with Gasteiger partial charge >= 0.3 is 5.97 Å². The van der Waals surface area contributed by atoms with Gasteiger partial charge in [-0.1, -0.05) is 54.6 Å². The Morgan fingerprint density at radius 3 is 2.47 bits per heavy atom. The summed E-state index contributed by atoms with van der Waals surface area (Å²) in [4.78, 5) is 16.0. The van der Waals surface area contributed by atoms with Crippen molar-refractivity contribution in [3.63, 3.8) is 0 Å². The molecule has 1 fully saturated rings. The fraction of sp³-hybridized carbons (Fsp3) is 0.241. The lowest BCUT2D eigenvalue weighted by Crippen LogP contribution is -2.19. The van der Waals surface area contributed by atoms with E-state index >= 15 is 0 Å². The maximum Gasteiger partial charge on any atom is 0.305 e. The number of nitrogens with zero attached hydrogens (tertiary/aromatic N) is 1. The zero-order valence-electron chi connectivity index (χ0n) is 19.5. The van der Waals surface area contributed by atoms with Crippen molar-refractivity contribution in [1.82, 2.24) is 4.98 Å². The average Bonchev–Trinajstić information content (AvgIpc) is 3.61. The van der Waals surface area contributed by atoms with E-state index in [2.05, 4.69) is 17.5 Å². The Morgan fingerprint density at radius 1 is 1.08 bits per heavy atom. The first-order valence-corrected chi connectivity index (χ1v) is 12.8. The summed E-state index contributed by atoms with van der Waals surface area (Å²) >= 11 is 1.58. The smallest absolute Gasteiger partial charge is 0.305 e. The van der Waals surface area contributed by atoms with Crippen molar-refractivity contribution < 1.29 is 24.5 Å². The van der Waals surface area contributed by atoms with Crippen molar-refractivity contribution in [2.45, 2.75) is 43.8 Å². The number of carbonyl (C=O) groups is 1. The molecule has 0 amide bonds. The van der Waals surface area contributed by atoms with Crippen molar-refractivity contribution in [2.75, 3.05) is 0 Å². The maximum absolute atomic E-state index is 13.8. The summed E-state index contributed by atoms with van der Waals surface area (Å²) in [6.07, 6.45) is 2.76. The van der Waals surface area contributed by atoms with Crippen LogP contribution in [0.1, 0.15) is 42.9 Å². The van der Waals surface area contributed by atoms with E-state index in [1.165, 1.54) is 12.1 Å². The number of benzene rings is 2. The third-order valence-electron chi connectivity index (χ3n) is 6.36. The molecule has 0 saturated heterocycles. The number of hydrogen-bond acceptors (Lipinski definition) is 5. The molecule has 36 heavy (non-hydrogen) atoms. The Morgan fingerprint density at radius 2 is 1.81 bits per heavy atom. The van der Waals surface area contributed by atoms with Crippen molar-refractivity contribution in [1.29, 1.82) is 0 Å². The minimum Gasteiger partial charge on any atom is -0.481 e. The number of carboxylic acid groups (broad SMARTS) is 1. The van der Waals surface area contributed by atoms with Gasteiger partial charge in [0.1, 0.15) is 5.82 Å². The van der Waals surface area contributed by atoms with Crippen LogP contribution in [0, 0.1) is 5.82 Å². The van der Waals surface area contributed by atoms with E-state index < -0.39 is 24.6 Å². The van der Waals surface area contributed by atoms with Crippen molar-refractivity contribution in [2.24, 2.45) is 0 Å². The van der Waals surface area contributed by atoms with Crippen LogP contribution in [-0.2, 0) is 4.79 Å². The van der Waals surface area contributed by atoms with Gasteiger partial charge in [-0.25, -0.2) is 4.39 Å². The Balaban J connectivity index is 1.65. The quantitative estimate of drug-likeness (QED) is 0.251. The van der Waals surface area contributed by atoms with Gasteiger partial charge in [-0.15, -0.1) is 11.3 Å². The summed E-state index contributed by atoms with van der Waals surface area (Å²) in [6.45, 7) is 0. The fourth-order valence-electron chi connectivity index (χ4n) is 4.48. The first kappa shape index (κ1) is 24.3. The molecule has 0 aliphatic heterocycles. The number of halogens is 1. The van der Waals surface area contributed by atoms with Gasteiger partial charge in [-0.05, 0) is 36.1 Å². The van der Waals surface area contributed by atoms with E-state index in [9.17, 15) is 19.4 Å². The lowest BCUT2D eigenvalue weighted by atomic mass is 9.94. The minimum atomic E-state index is -1.15. The molecule has 5 nitrogen and oxygen atoms in total. The monoisotopic (exact) mass is 503 g/mol. The second kappa shape index (κ2) is 10.3. The number of carboxylic acids is 1. The predicted octanol–water partition coefficient (Wildman–Crippen LogP) is 6.25. The molecular formula is C29H26FNO4S. The fourth-order valence-corrected chi connectivity index (χ4v) is 5.58. The Kier molecular flexibility index (Phi) is 6.96. The van der Waals surface area contributed by atoms with Gasteiger partial charge in [0.2, 0.25) is 0 Å². The van der Waals surface area contributed by atoms with Crippen molar-refractivity contribution >= 4 is 33.6 Å². The minimum absolute atomic E-state index is 0.0831. The number of aliphatic hydroxyl groups excluding tert-OH is 2. The van der Waals surface area contributed by atoms with E-state index in [1.54, 1.807) is 29.5 Å². The number of thiophene rings is 1. The zero-order chi connectivity index (χ0) is 25.2. The van der Waals surface area contributed by atoms with Crippen LogP contribution in [-0.4, -0.2) is 38.5 Å². The zero-order valence-corrected chi connectivity index (χ0v) is 20.3. The molecule has 2 aromatic heterocycles. The molecular weight excluding hydrogens is 477 g/mol. The van der Waals surface area contributed by atoms with E-state index in [-0.39, 0.29) is 12.2 Å². The highest BCUT2D eigenvalue weighted by Crippen LogP contribution is 2.48. The summed E-state index contributed by atoms with van der Waals surface area (Å²) in [5.41, 5.74) is 6.62. The van der Waals surface area contributed by atoms with Crippen LogP contribution in [0.4, 0.5) is 4.39 Å². The van der Waals surface area contributed by atoms with Crippen LogP contribution in [0.3, 0.4) is 0 Å². The van der Waals surface area contributed by atoms with Crippen LogP contribution in [0.2, 0.25) is 0 Å². The van der Waals surface area contributed by atoms with Crippen LogP contribution in [0.25, 0.3) is 38.5 Å². The molecule has 2 heterocycles. The molecule has 0 unspecified atom stereocenters. The SMILES string of the molecule is O=C(O)C[C@H](O)C[C@H](O)/C=C/c1c(C2CC2)nc2c(-c3ccccc3)csc2c1-c1ccc(F)cc1. The highest BCUT2D eigenvalue weighted by molar-refractivity contribution is 7.18. The summed E-state index contributed by atoms with van der Waals surface area (Å²) in [5.74, 6) is -1.14. The van der Waals surface area contributed by atoms with Gasteiger partial charge in [0, 0.05) is 34.4 Å². The van der Waals surface area contributed by atoms with E-state index in [0.717, 1.165) is 56.6 Å². The van der Waals surface area contributed by atoms with Gasteiger partial charge in [-0.3, -0.25) is 9.78 Å². The second-order valence-electron chi connectivity index (χ2n) is 9.17. The average molecular weight is 504 g/mol. The summed E-state index contributed by atoms with van der Waals surface area (Å²) in [5, 5.41) is 31.4. The summed E-state index contributed by atoms with van der Waals surface area (Å²) in [7, 11) is 0. The highest BCUT2D eigenvalue weighted by atomic mass is 32.1. The Bertz CT molecular complexity index is 1410. The topological polar surface area (TPSA) is 90.7 Å². The number of aliphatic hydroxyl groups is 2. The number of aliphatic carboxylic acids is 1. The third kappa shape index (κ3) is 5.23. The molecule has 1 aliphatic carbocycles. The lowest BCUT2D eigenvalue weighted by molar-refractivity contribution is -0.139. The molecule has 7 heteroatoms. The standard InChI is InChI=1S/C29H26FNO4S/c30-20-10-8-18(9-11-20)26-23(13-12-21(32)14-22(33)15-25(34)35)27(19-6-7-19)31-28-24(16-36-29(26)28)17-4-2-1-3-5-17/h1-5,8-13,16,19,21-22,32-33H,6-7,14-15H2,(H,34,35)/b13-12+/t21-,22-/m1/s1. The predicted molar refractivity (Wildman–Crippen MR) is 140 cm³/mol. The first-order valence-electron chi connectivity index (χ1n) is 11.9. The number of fused-ring (bicyclic) bond motifs is 1. The van der Waals surface area contributed by atoms with Gasteiger partial charge in [0.15, 0.2) is 0 Å². The van der Waals surface area contributed by atoms with E-state index in [4.69, 9.17) is 10.1 Å². The Hall–Kier alpha value is -3.39. The molecule has 1 aliphatic rings. The normalized spacial score (nSPS) is 15.4. The van der Waals surface area contributed by atoms with Gasteiger partial charge in [0.05, 0.1) is 34.5 Å². The second-order valence-corrected chi connectivity index (χ2v) is 10.1. The highest BCUT2D eigenvalue weighted by Gasteiger charge is 2.30. The molecule has 2 aromatic carbocycles. The van der Waals surface area contributed by atoms with E-state index in [0.29, 0.717) is 5.92 Å². The number of rotatable bonds is 9. The van der Waals surface area contributed by atoms with Crippen LogP contribution < -0.4 is 0 Å². The molecule has 0 radical (unpaired) electrons. The van der Waals surface area contributed by atoms with Crippen LogP contribution >= 0.6 is 11.3 Å². The molecule has 5 rings (SSSR count).